The number of ether oxygens (including phenoxy) is 1. The summed E-state index contributed by atoms with van der Waals surface area (Å²) in [5.74, 6) is 0.194. The molecule has 0 bridgehead atoms. The van der Waals surface area contributed by atoms with Gasteiger partial charge < -0.3 is 10.1 Å². The lowest BCUT2D eigenvalue weighted by Gasteiger charge is -2.15. The monoisotopic (exact) mass is 452 g/mol. The molecule has 0 aromatic heterocycles. The Hall–Kier alpha value is -2.17. The molecule has 1 aromatic rings. The van der Waals surface area contributed by atoms with Crippen molar-refractivity contribution in [1.82, 2.24) is 10.2 Å². The van der Waals surface area contributed by atoms with Gasteiger partial charge in [0.2, 0.25) is 5.91 Å². The summed E-state index contributed by atoms with van der Waals surface area (Å²) in [6.07, 6.45) is 3.85. The molecular weight excluding hydrogens is 432 g/mol. The number of amides is 2. The summed E-state index contributed by atoms with van der Waals surface area (Å²) in [6, 6.07) is 6.85. The van der Waals surface area contributed by atoms with E-state index in [9.17, 15) is 18.0 Å². The number of carbonyl (C=O) groups is 2. The first-order valence-electron chi connectivity index (χ1n) is 8.87. The highest BCUT2D eigenvalue weighted by Gasteiger charge is 2.31. The largest absolute Gasteiger partial charge is 0.497 e. The minimum absolute atomic E-state index is 0.108. The van der Waals surface area contributed by atoms with Gasteiger partial charge in [0.15, 0.2) is 9.84 Å². The summed E-state index contributed by atoms with van der Waals surface area (Å²) in [7, 11) is -1.62. The van der Waals surface area contributed by atoms with Crippen LogP contribution in [0.15, 0.2) is 40.7 Å². The van der Waals surface area contributed by atoms with E-state index in [-0.39, 0.29) is 24.0 Å². The number of rotatable bonds is 7. The predicted molar refractivity (Wildman–Crippen MR) is 117 cm³/mol. The SMILES string of the molecule is COc1ccc(C=C2SC(=S)N(CCCC(=O)NC3C=CS(=O)(=O)C3)C2=O)cc1. The first-order chi connectivity index (χ1) is 13.8. The number of nitrogens with zero attached hydrogens (tertiary/aromatic N) is 1. The molecule has 2 amide bonds. The van der Waals surface area contributed by atoms with Crippen molar-refractivity contribution in [3.05, 3.63) is 46.2 Å². The van der Waals surface area contributed by atoms with Crippen molar-refractivity contribution < 1.29 is 22.7 Å². The van der Waals surface area contributed by atoms with Gasteiger partial charge >= 0.3 is 0 Å². The Balaban J connectivity index is 1.50. The minimum Gasteiger partial charge on any atom is -0.497 e. The second kappa shape index (κ2) is 9.10. The third-order valence-electron chi connectivity index (χ3n) is 4.35. The Bertz CT molecular complexity index is 984. The summed E-state index contributed by atoms with van der Waals surface area (Å²) < 4.78 is 28.3. The lowest BCUT2D eigenvalue weighted by atomic mass is 10.2. The summed E-state index contributed by atoms with van der Waals surface area (Å²) >= 11 is 6.53. The van der Waals surface area contributed by atoms with Gasteiger partial charge in [-0.3, -0.25) is 14.5 Å². The molecule has 0 aliphatic carbocycles. The van der Waals surface area contributed by atoms with E-state index in [2.05, 4.69) is 5.32 Å². The van der Waals surface area contributed by atoms with Crippen molar-refractivity contribution >= 4 is 56.0 Å². The molecule has 0 spiro atoms. The van der Waals surface area contributed by atoms with Crippen LogP contribution in [-0.4, -0.2) is 54.9 Å². The summed E-state index contributed by atoms with van der Waals surface area (Å²) in [5, 5.41) is 3.78. The van der Waals surface area contributed by atoms with E-state index in [4.69, 9.17) is 17.0 Å². The second-order valence-electron chi connectivity index (χ2n) is 6.54. The number of thiocarbonyl (C=S) groups is 1. The second-order valence-corrected chi connectivity index (χ2v) is 10.1. The summed E-state index contributed by atoms with van der Waals surface area (Å²) in [6.45, 7) is 0.330. The Labute approximate surface area is 179 Å². The topological polar surface area (TPSA) is 92.8 Å². The highest BCUT2D eigenvalue weighted by atomic mass is 32.2. The van der Waals surface area contributed by atoms with Crippen molar-refractivity contribution in [3.63, 3.8) is 0 Å². The summed E-state index contributed by atoms with van der Waals surface area (Å²) in [4.78, 5) is 26.6. The number of methoxy groups -OCH3 is 1. The predicted octanol–water partition coefficient (Wildman–Crippen LogP) is 2.10. The van der Waals surface area contributed by atoms with E-state index < -0.39 is 15.9 Å². The third kappa shape index (κ3) is 5.68. The zero-order valence-electron chi connectivity index (χ0n) is 15.7. The number of hydrogen-bond donors (Lipinski definition) is 1. The maximum Gasteiger partial charge on any atom is 0.266 e. The molecule has 3 rings (SSSR count). The molecule has 2 heterocycles. The van der Waals surface area contributed by atoms with Crippen molar-refractivity contribution in [2.75, 3.05) is 19.4 Å². The van der Waals surface area contributed by atoms with Crippen LogP contribution in [0.4, 0.5) is 0 Å². The highest BCUT2D eigenvalue weighted by Crippen LogP contribution is 2.32. The highest BCUT2D eigenvalue weighted by molar-refractivity contribution is 8.26. The van der Waals surface area contributed by atoms with Crippen LogP contribution >= 0.6 is 24.0 Å². The maximum absolute atomic E-state index is 12.6. The average molecular weight is 453 g/mol. The third-order valence-corrected chi connectivity index (χ3v) is 7.12. The molecule has 1 unspecified atom stereocenters. The van der Waals surface area contributed by atoms with Gasteiger partial charge in [-0.05, 0) is 36.3 Å². The molecule has 1 saturated heterocycles. The molecule has 7 nitrogen and oxygen atoms in total. The van der Waals surface area contributed by atoms with Gasteiger partial charge in [0.1, 0.15) is 10.1 Å². The normalized spacial score (nSPS) is 21.8. The van der Waals surface area contributed by atoms with Crippen LogP contribution < -0.4 is 10.1 Å². The molecule has 10 heteroatoms. The van der Waals surface area contributed by atoms with Crippen LogP contribution in [0, 0.1) is 0 Å². The quantitative estimate of drug-likeness (QED) is 0.500. The molecule has 2 aliphatic rings. The Morgan fingerprint density at radius 3 is 2.72 bits per heavy atom. The molecule has 1 aromatic carbocycles. The van der Waals surface area contributed by atoms with E-state index >= 15 is 0 Å². The van der Waals surface area contributed by atoms with Gasteiger partial charge in [-0.15, -0.1) is 0 Å². The van der Waals surface area contributed by atoms with Crippen molar-refractivity contribution in [3.8, 4) is 5.75 Å². The molecule has 2 aliphatic heterocycles. The van der Waals surface area contributed by atoms with Crippen LogP contribution in [0.1, 0.15) is 18.4 Å². The Morgan fingerprint density at radius 2 is 2.10 bits per heavy atom. The van der Waals surface area contributed by atoms with Gasteiger partial charge in [0.05, 0.1) is 23.8 Å². The number of nitrogens with one attached hydrogen (secondary N) is 1. The number of hydrogen-bond acceptors (Lipinski definition) is 7. The van der Waals surface area contributed by atoms with Gasteiger partial charge in [0.25, 0.3) is 5.91 Å². The van der Waals surface area contributed by atoms with E-state index in [0.717, 1.165) is 16.7 Å². The van der Waals surface area contributed by atoms with Crippen molar-refractivity contribution in [2.24, 2.45) is 0 Å². The van der Waals surface area contributed by atoms with Crippen molar-refractivity contribution in [2.45, 2.75) is 18.9 Å². The molecule has 1 N–H and O–H groups in total. The van der Waals surface area contributed by atoms with E-state index in [1.165, 1.54) is 22.7 Å². The smallest absolute Gasteiger partial charge is 0.266 e. The average Bonchev–Trinajstić information content (AvgIpc) is 3.15. The molecule has 154 valence electrons. The molecule has 1 fully saturated rings. The van der Waals surface area contributed by atoms with Crippen LogP contribution in [0.3, 0.4) is 0 Å². The van der Waals surface area contributed by atoms with Crippen LogP contribution in [0.25, 0.3) is 6.08 Å². The fourth-order valence-corrected chi connectivity index (χ4v) is 5.43. The zero-order valence-corrected chi connectivity index (χ0v) is 18.1. The molecule has 1 atom stereocenters. The van der Waals surface area contributed by atoms with Crippen molar-refractivity contribution in [1.29, 1.82) is 0 Å². The molecule has 29 heavy (non-hydrogen) atoms. The molecule has 0 radical (unpaired) electrons. The van der Waals surface area contributed by atoms with Gasteiger partial charge in [-0.1, -0.05) is 36.1 Å². The van der Waals surface area contributed by atoms with Crippen LogP contribution in [-0.2, 0) is 19.4 Å². The van der Waals surface area contributed by atoms with Gasteiger partial charge in [0, 0.05) is 18.4 Å². The molecule has 0 saturated carbocycles. The van der Waals surface area contributed by atoms with E-state index in [1.807, 2.05) is 24.3 Å². The molecular formula is C19H20N2O5S3. The first kappa shape index (κ1) is 21.5. The number of sulfone groups is 1. The maximum atomic E-state index is 12.6. The lowest BCUT2D eigenvalue weighted by Crippen LogP contribution is -2.36. The van der Waals surface area contributed by atoms with Gasteiger partial charge in [-0.25, -0.2) is 8.42 Å². The first-order valence-corrected chi connectivity index (χ1v) is 11.8. The zero-order chi connectivity index (χ0) is 21.0. The van der Waals surface area contributed by atoms with E-state index in [0.29, 0.717) is 22.2 Å². The Kier molecular flexibility index (Phi) is 6.76. The van der Waals surface area contributed by atoms with Gasteiger partial charge in [-0.2, -0.15) is 0 Å². The number of benzene rings is 1. The fraction of sp³-hybridized carbons (Fsp3) is 0.316. The Morgan fingerprint density at radius 1 is 1.38 bits per heavy atom. The van der Waals surface area contributed by atoms with E-state index in [1.54, 1.807) is 13.2 Å². The van der Waals surface area contributed by atoms with Crippen LogP contribution in [0.2, 0.25) is 0 Å². The fourth-order valence-electron chi connectivity index (χ4n) is 2.89. The number of thioether (sulfide) groups is 1. The minimum atomic E-state index is -3.21. The number of carbonyl (C=O) groups excluding carboxylic acids is 2. The standard InChI is InChI=1S/C19H20N2O5S3/c1-26-15-6-4-13(5-7-15)11-16-18(23)21(19(27)28-16)9-2-3-17(22)20-14-8-10-29(24,25)12-14/h4-8,10-11,14H,2-3,9,12H2,1H3,(H,20,22). The van der Waals surface area contributed by atoms with Crippen LogP contribution in [0.5, 0.6) is 5.75 Å². The summed E-state index contributed by atoms with van der Waals surface area (Å²) in [5.41, 5.74) is 0.866. The lowest BCUT2D eigenvalue weighted by molar-refractivity contribution is -0.124.